The molecule has 0 atom stereocenters. The summed E-state index contributed by atoms with van der Waals surface area (Å²) in [5, 5.41) is 7.48. The fourth-order valence-corrected chi connectivity index (χ4v) is 3.72. The Morgan fingerprint density at radius 2 is 1.74 bits per heavy atom. The van der Waals surface area contributed by atoms with Crippen molar-refractivity contribution in [3.05, 3.63) is 77.2 Å². The SMILES string of the molecule is COC(=O)c1cccc(/C=C/C(=O)Nc2cc(-c3cccs3)ccc2NC(=O)OC(C)(C)C)c1. The molecule has 34 heavy (non-hydrogen) atoms. The monoisotopic (exact) mass is 478 g/mol. The van der Waals surface area contributed by atoms with Gasteiger partial charge in [-0.1, -0.05) is 24.3 Å². The lowest BCUT2D eigenvalue weighted by molar-refractivity contribution is -0.111. The number of hydrogen-bond donors (Lipinski definition) is 2. The molecule has 7 nitrogen and oxygen atoms in total. The highest BCUT2D eigenvalue weighted by Crippen LogP contribution is 2.32. The van der Waals surface area contributed by atoms with E-state index < -0.39 is 23.6 Å². The summed E-state index contributed by atoms with van der Waals surface area (Å²) >= 11 is 1.57. The van der Waals surface area contributed by atoms with Gasteiger partial charge in [-0.05, 0) is 73.7 Å². The number of benzene rings is 2. The van der Waals surface area contributed by atoms with Crippen LogP contribution in [-0.2, 0) is 14.3 Å². The Kier molecular flexibility index (Phi) is 7.86. The van der Waals surface area contributed by atoms with Crippen LogP contribution in [0.25, 0.3) is 16.5 Å². The lowest BCUT2D eigenvalue weighted by Crippen LogP contribution is -2.27. The third-order valence-corrected chi connectivity index (χ3v) is 5.37. The third kappa shape index (κ3) is 7.05. The second-order valence-corrected chi connectivity index (χ2v) is 9.25. The maximum absolute atomic E-state index is 12.7. The predicted octanol–water partition coefficient (Wildman–Crippen LogP) is 6.20. The highest BCUT2D eigenvalue weighted by molar-refractivity contribution is 7.13. The van der Waals surface area contributed by atoms with Crippen LogP contribution in [0.1, 0.15) is 36.7 Å². The van der Waals surface area contributed by atoms with Crippen molar-refractivity contribution in [2.75, 3.05) is 17.7 Å². The summed E-state index contributed by atoms with van der Waals surface area (Å²) in [6, 6.07) is 16.0. The largest absolute Gasteiger partial charge is 0.465 e. The van der Waals surface area contributed by atoms with Gasteiger partial charge in [-0.15, -0.1) is 11.3 Å². The quantitative estimate of drug-likeness (QED) is 0.325. The number of thiophene rings is 1. The number of nitrogens with one attached hydrogen (secondary N) is 2. The summed E-state index contributed by atoms with van der Waals surface area (Å²) in [6.07, 6.45) is 2.32. The van der Waals surface area contributed by atoms with Crippen molar-refractivity contribution in [2.24, 2.45) is 0 Å². The molecule has 0 unspecified atom stereocenters. The zero-order valence-corrected chi connectivity index (χ0v) is 20.2. The van der Waals surface area contributed by atoms with Crippen molar-refractivity contribution in [1.29, 1.82) is 0 Å². The van der Waals surface area contributed by atoms with Gasteiger partial charge < -0.3 is 14.8 Å². The van der Waals surface area contributed by atoms with Gasteiger partial charge in [0.2, 0.25) is 5.91 Å². The van der Waals surface area contributed by atoms with E-state index >= 15 is 0 Å². The van der Waals surface area contributed by atoms with E-state index in [0.29, 0.717) is 22.5 Å². The van der Waals surface area contributed by atoms with Crippen molar-refractivity contribution in [3.8, 4) is 10.4 Å². The number of carbonyl (C=O) groups excluding carboxylic acids is 3. The van der Waals surface area contributed by atoms with Crippen LogP contribution in [0.2, 0.25) is 0 Å². The van der Waals surface area contributed by atoms with Gasteiger partial charge in [0.15, 0.2) is 0 Å². The van der Waals surface area contributed by atoms with Crippen LogP contribution in [0, 0.1) is 0 Å². The Balaban J connectivity index is 1.82. The standard InChI is InChI=1S/C26H26N2O5S/c1-26(2,3)33-25(31)28-20-12-11-18(22-9-6-14-34-22)16-21(20)27-23(29)13-10-17-7-5-8-19(15-17)24(30)32-4/h5-16H,1-4H3,(H,27,29)(H,28,31)/b13-10+. The summed E-state index contributed by atoms with van der Waals surface area (Å²) in [7, 11) is 1.31. The van der Waals surface area contributed by atoms with E-state index in [1.54, 1.807) is 74.6 Å². The molecule has 0 aliphatic heterocycles. The van der Waals surface area contributed by atoms with Crippen LogP contribution in [0.5, 0.6) is 0 Å². The molecular weight excluding hydrogens is 452 g/mol. The van der Waals surface area contributed by atoms with Crippen molar-refractivity contribution < 1.29 is 23.9 Å². The molecule has 2 amide bonds. The second kappa shape index (κ2) is 10.8. The lowest BCUT2D eigenvalue weighted by Gasteiger charge is -2.20. The van der Waals surface area contributed by atoms with E-state index in [1.807, 2.05) is 23.6 Å². The molecule has 0 radical (unpaired) electrons. The summed E-state index contributed by atoms with van der Waals surface area (Å²) in [5.74, 6) is -0.859. The zero-order chi connectivity index (χ0) is 24.7. The summed E-state index contributed by atoms with van der Waals surface area (Å²) in [6.45, 7) is 5.32. The summed E-state index contributed by atoms with van der Waals surface area (Å²) in [4.78, 5) is 37.7. The van der Waals surface area contributed by atoms with Crippen LogP contribution < -0.4 is 10.6 Å². The minimum atomic E-state index is -0.661. The first-order valence-corrected chi connectivity index (χ1v) is 11.4. The molecule has 2 N–H and O–H groups in total. The fourth-order valence-electron chi connectivity index (χ4n) is 3.00. The average Bonchev–Trinajstić information content (AvgIpc) is 3.32. The minimum absolute atomic E-state index is 0.387. The number of anilines is 2. The number of methoxy groups -OCH3 is 1. The van der Waals surface area contributed by atoms with Crippen LogP contribution in [0.4, 0.5) is 16.2 Å². The van der Waals surface area contributed by atoms with Crippen LogP contribution >= 0.6 is 11.3 Å². The van der Waals surface area contributed by atoms with E-state index in [-0.39, 0.29) is 0 Å². The van der Waals surface area contributed by atoms with Gasteiger partial charge in [-0.2, -0.15) is 0 Å². The zero-order valence-electron chi connectivity index (χ0n) is 19.4. The molecule has 1 aromatic heterocycles. The summed E-state index contributed by atoms with van der Waals surface area (Å²) in [5.41, 5.74) is 2.12. The molecule has 8 heteroatoms. The molecule has 3 rings (SSSR count). The van der Waals surface area contributed by atoms with Crippen molar-refractivity contribution in [2.45, 2.75) is 26.4 Å². The van der Waals surface area contributed by atoms with Crippen molar-refractivity contribution in [1.82, 2.24) is 0 Å². The fraction of sp³-hybridized carbons (Fsp3) is 0.192. The number of amides is 2. The number of hydrogen-bond acceptors (Lipinski definition) is 6. The Morgan fingerprint density at radius 3 is 2.41 bits per heavy atom. The summed E-state index contributed by atoms with van der Waals surface area (Å²) < 4.78 is 10.1. The molecule has 0 aliphatic rings. The van der Waals surface area contributed by atoms with Gasteiger partial charge in [-0.3, -0.25) is 10.1 Å². The number of carbonyl (C=O) groups is 3. The Labute approximate surface area is 202 Å². The maximum Gasteiger partial charge on any atom is 0.412 e. The van der Waals surface area contributed by atoms with Crippen LogP contribution in [0.15, 0.2) is 66.1 Å². The Morgan fingerprint density at radius 1 is 0.941 bits per heavy atom. The normalized spacial score (nSPS) is 11.2. The molecule has 0 spiro atoms. The maximum atomic E-state index is 12.7. The molecule has 0 fully saturated rings. The Bertz CT molecular complexity index is 1210. The van der Waals surface area contributed by atoms with Gasteiger partial charge in [0.25, 0.3) is 0 Å². The first kappa shape index (κ1) is 24.7. The molecule has 176 valence electrons. The minimum Gasteiger partial charge on any atom is -0.465 e. The topological polar surface area (TPSA) is 93.7 Å². The van der Waals surface area contributed by atoms with E-state index in [2.05, 4.69) is 10.6 Å². The van der Waals surface area contributed by atoms with Gasteiger partial charge in [-0.25, -0.2) is 9.59 Å². The average molecular weight is 479 g/mol. The van der Waals surface area contributed by atoms with Gasteiger partial charge in [0.05, 0.1) is 24.0 Å². The van der Waals surface area contributed by atoms with Crippen molar-refractivity contribution in [3.63, 3.8) is 0 Å². The highest BCUT2D eigenvalue weighted by Gasteiger charge is 2.18. The second-order valence-electron chi connectivity index (χ2n) is 8.30. The van der Waals surface area contributed by atoms with Crippen molar-refractivity contribution >= 4 is 46.8 Å². The van der Waals surface area contributed by atoms with Gasteiger partial charge >= 0.3 is 12.1 Å². The molecule has 0 saturated heterocycles. The molecule has 2 aromatic carbocycles. The smallest absolute Gasteiger partial charge is 0.412 e. The molecule has 0 saturated carbocycles. The van der Waals surface area contributed by atoms with Crippen LogP contribution in [-0.4, -0.2) is 30.7 Å². The highest BCUT2D eigenvalue weighted by atomic mass is 32.1. The van der Waals surface area contributed by atoms with E-state index in [4.69, 9.17) is 9.47 Å². The Hall–Kier alpha value is -3.91. The van der Waals surface area contributed by atoms with Crippen LogP contribution in [0.3, 0.4) is 0 Å². The third-order valence-electron chi connectivity index (χ3n) is 4.45. The van der Waals surface area contributed by atoms with E-state index in [0.717, 1.165) is 10.4 Å². The van der Waals surface area contributed by atoms with Gasteiger partial charge in [0, 0.05) is 11.0 Å². The predicted molar refractivity (Wildman–Crippen MR) is 135 cm³/mol. The number of rotatable bonds is 6. The van der Waals surface area contributed by atoms with E-state index in [9.17, 15) is 14.4 Å². The molecule has 0 aliphatic carbocycles. The van der Waals surface area contributed by atoms with Gasteiger partial charge in [0.1, 0.15) is 5.60 Å². The first-order valence-electron chi connectivity index (χ1n) is 10.5. The lowest BCUT2D eigenvalue weighted by atomic mass is 10.1. The first-order chi connectivity index (χ1) is 16.1. The molecule has 0 bridgehead atoms. The number of esters is 1. The number of ether oxygens (including phenoxy) is 2. The molecular formula is C26H26N2O5S. The van der Waals surface area contributed by atoms with E-state index in [1.165, 1.54) is 13.2 Å². The molecule has 3 aromatic rings. The molecule has 1 heterocycles.